The van der Waals surface area contributed by atoms with Crippen LogP contribution in [-0.2, 0) is 16.0 Å². The number of hydrogen-bond donors (Lipinski definition) is 0. The fourth-order valence-corrected chi connectivity index (χ4v) is 2.62. The fourth-order valence-electron chi connectivity index (χ4n) is 1.06. The molecule has 0 saturated heterocycles. The number of rotatable bonds is 3. The Labute approximate surface area is 105 Å². The van der Waals surface area contributed by atoms with Gasteiger partial charge < -0.3 is 4.74 Å². The minimum absolute atomic E-state index is 0.183. The number of carbonyl (C=O) groups is 1. The van der Waals surface area contributed by atoms with Crippen molar-refractivity contribution in [1.82, 2.24) is 0 Å². The molecule has 0 atom stereocenters. The van der Waals surface area contributed by atoms with Crippen LogP contribution in [0.5, 0.6) is 0 Å². The fraction of sp³-hybridized carbons (Fsp3) is 0.300. The number of ether oxygens (including phenoxy) is 1. The molecule has 0 spiro atoms. The van der Waals surface area contributed by atoms with Gasteiger partial charge in [0, 0.05) is 8.04 Å². The summed E-state index contributed by atoms with van der Waals surface area (Å²) in [5.41, 5.74) is 0.992. The zero-order valence-corrected chi connectivity index (χ0v) is 11.5. The van der Waals surface area contributed by atoms with E-state index in [-0.39, 0.29) is 5.97 Å². The van der Waals surface area contributed by atoms with E-state index in [2.05, 4.69) is 38.5 Å². The highest BCUT2D eigenvalue weighted by Gasteiger charge is 2.10. The summed E-state index contributed by atoms with van der Waals surface area (Å²) in [5.74, 6) is -0.183. The van der Waals surface area contributed by atoms with E-state index in [1.807, 2.05) is 25.1 Å². The van der Waals surface area contributed by atoms with Gasteiger partial charge in [-0.15, -0.1) is 0 Å². The lowest BCUT2D eigenvalue weighted by Crippen LogP contribution is -2.09. The molecule has 0 unspecified atom stereocenters. The smallest absolute Gasteiger partial charge is 0.310 e. The first-order chi connectivity index (χ1) is 6.65. The molecule has 0 N–H and O–H groups in total. The summed E-state index contributed by atoms with van der Waals surface area (Å²) in [4.78, 5) is 11.3. The van der Waals surface area contributed by atoms with Crippen LogP contribution in [0.15, 0.2) is 22.7 Å². The first-order valence-electron chi connectivity index (χ1n) is 4.23. The molecule has 0 heterocycles. The molecule has 0 saturated carbocycles. The van der Waals surface area contributed by atoms with Crippen molar-refractivity contribution in [2.45, 2.75) is 13.3 Å². The van der Waals surface area contributed by atoms with Crippen molar-refractivity contribution in [3.05, 3.63) is 31.8 Å². The van der Waals surface area contributed by atoms with Crippen molar-refractivity contribution in [1.29, 1.82) is 0 Å². The minimum Gasteiger partial charge on any atom is -0.466 e. The molecule has 14 heavy (non-hydrogen) atoms. The van der Waals surface area contributed by atoms with E-state index >= 15 is 0 Å². The lowest BCUT2D eigenvalue weighted by atomic mass is 10.1. The van der Waals surface area contributed by atoms with Gasteiger partial charge in [-0.05, 0) is 47.2 Å². The molecule has 0 radical (unpaired) electrons. The van der Waals surface area contributed by atoms with E-state index in [4.69, 9.17) is 4.74 Å². The van der Waals surface area contributed by atoms with Crippen LogP contribution in [0.25, 0.3) is 0 Å². The number of esters is 1. The lowest BCUT2D eigenvalue weighted by molar-refractivity contribution is -0.142. The Balaban J connectivity index is 2.80. The molecule has 2 nitrogen and oxygen atoms in total. The standard InChI is InChI=1S/C10H10BrIO2/c1-2-14-10(13)6-7-8(11)4-3-5-9(7)12/h3-5H,2,6H2,1H3. The highest BCUT2D eigenvalue weighted by atomic mass is 127. The molecule has 1 rings (SSSR count). The van der Waals surface area contributed by atoms with Crippen LogP contribution in [0.2, 0.25) is 0 Å². The van der Waals surface area contributed by atoms with Crippen LogP contribution in [0, 0.1) is 3.57 Å². The first-order valence-corrected chi connectivity index (χ1v) is 6.10. The second-order valence-corrected chi connectivity index (χ2v) is 4.70. The van der Waals surface area contributed by atoms with Crippen molar-refractivity contribution in [3.63, 3.8) is 0 Å². The van der Waals surface area contributed by atoms with Crippen molar-refractivity contribution in [2.24, 2.45) is 0 Å². The molecule has 0 aliphatic carbocycles. The van der Waals surface area contributed by atoms with Crippen LogP contribution < -0.4 is 0 Å². The van der Waals surface area contributed by atoms with E-state index in [9.17, 15) is 4.79 Å². The monoisotopic (exact) mass is 368 g/mol. The summed E-state index contributed by atoms with van der Waals surface area (Å²) in [7, 11) is 0. The SMILES string of the molecule is CCOC(=O)Cc1c(Br)cccc1I. The van der Waals surface area contributed by atoms with Gasteiger partial charge in [-0.25, -0.2) is 0 Å². The van der Waals surface area contributed by atoms with Gasteiger partial charge in [0.05, 0.1) is 13.0 Å². The number of halogens is 2. The average molecular weight is 369 g/mol. The lowest BCUT2D eigenvalue weighted by Gasteiger charge is -2.06. The molecule has 0 aromatic heterocycles. The highest BCUT2D eigenvalue weighted by Crippen LogP contribution is 2.22. The first kappa shape index (κ1) is 12.0. The molecule has 0 fully saturated rings. The number of hydrogen-bond acceptors (Lipinski definition) is 2. The number of benzene rings is 1. The molecule has 1 aromatic carbocycles. The van der Waals surface area contributed by atoms with E-state index in [0.29, 0.717) is 13.0 Å². The van der Waals surface area contributed by atoms with Gasteiger partial charge in [0.2, 0.25) is 0 Å². The molecular weight excluding hydrogens is 359 g/mol. The molecule has 1 aromatic rings. The summed E-state index contributed by atoms with van der Waals surface area (Å²) in [6.45, 7) is 2.24. The van der Waals surface area contributed by atoms with Crippen LogP contribution in [0.1, 0.15) is 12.5 Å². The van der Waals surface area contributed by atoms with E-state index in [0.717, 1.165) is 13.6 Å². The van der Waals surface area contributed by atoms with Crippen molar-refractivity contribution in [3.8, 4) is 0 Å². The summed E-state index contributed by atoms with van der Waals surface area (Å²) in [5, 5.41) is 0. The molecule has 0 aliphatic heterocycles. The third-order valence-corrected chi connectivity index (χ3v) is 3.44. The van der Waals surface area contributed by atoms with Gasteiger partial charge in [-0.2, -0.15) is 0 Å². The van der Waals surface area contributed by atoms with Gasteiger partial charge in [0.15, 0.2) is 0 Å². The molecule has 4 heteroatoms. The van der Waals surface area contributed by atoms with Gasteiger partial charge >= 0.3 is 5.97 Å². The Morgan fingerprint density at radius 2 is 2.29 bits per heavy atom. The Kier molecular flexibility index (Phi) is 4.88. The van der Waals surface area contributed by atoms with Gasteiger partial charge in [-0.1, -0.05) is 22.0 Å². The highest BCUT2D eigenvalue weighted by molar-refractivity contribution is 14.1. The summed E-state index contributed by atoms with van der Waals surface area (Å²) < 4.78 is 6.92. The van der Waals surface area contributed by atoms with Gasteiger partial charge in [-0.3, -0.25) is 4.79 Å². The summed E-state index contributed by atoms with van der Waals surface area (Å²) in [6.07, 6.45) is 0.327. The van der Waals surface area contributed by atoms with E-state index < -0.39 is 0 Å². The average Bonchev–Trinajstić information content (AvgIpc) is 2.12. The largest absolute Gasteiger partial charge is 0.466 e. The maximum absolute atomic E-state index is 11.3. The zero-order chi connectivity index (χ0) is 10.6. The Morgan fingerprint density at radius 3 is 2.86 bits per heavy atom. The predicted molar refractivity (Wildman–Crippen MR) is 67.2 cm³/mol. The summed E-state index contributed by atoms with van der Waals surface area (Å²) in [6, 6.07) is 5.84. The van der Waals surface area contributed by atoms with Crippen LogP contribution in [-0.4, -0.2) is 12.6 Å². The van der Waals surface area contributed by atoms with E-state index in [1.54, 1.807) is 0 Å². The quantitative estimate of drug-likeness (QED) is 0.605. The Bertz CT molecular complexity index is 319. The third-order valence-electron chi connectivity index (χ3n) is 1.69. The van der Waals surface area contributed by atoms with Crippen molar-refractivity contribution in [2.75, 3.05) is 6.61 Å². The predicted octanol–water partition coefficient (Wildman–Crippen LogP) is 3.16. The molecular formula is C10H10BrIO2. The Hall–Kier alpha value is -0.100. The molecule has 76 valence electrons. The van der Waals surface area contributed by atoms with Crippen LogP contribution in [0.3, 0.4) is 0 Å². The van der Waals surface area contributed by atoms with Crippen LogP contribution >= 0.6 is 38.5 Å². The summed E-state index contributed by atoms with van der Waals surface area (Å²) >= 11 is 5.62. The molecule has 0 amide bonds. The molecule has 0 aliphatic rings. The van der Waals surface area contributed by atoms with E-state index in [1.165, 1.54) is 0 Å². The Morgan fingerprint density at radius 1 is 1.57 bits per heavy atom. The topological polar surface area (TPSA) is 26.3 Å². The minimum atomic E-state index is -0.183. The number of carbonyl (C=O) groups excluding carboxylic acids is 1. The third kappa shape index (κ3) is 3.24. The van der Waals surface area contributed by atoms with Gasteiger partial charge in [0.25, 0.3) is 0 Å². The zero-order valence-electron chi connectivity index (χ0n) is 7.72. The van der Waals surface area contributed by atoms with Crippen LogP contribution in [0.4, 0.5) is 0 Å². The second kappa shape index (κ2) is 5.70. The maximum Gasteiger partial charge on any atom is 0.310 e. The second-order valence-electron chi connectivity index (χ2n) is 2.68. The normalized spacial score (nSPS) is 9.93. The van der Waals surface area contributed by atoms with Crippen molar-refractivity contribution < 1.29 is 9.53 Å². The molecule has 0 bridgehead atoms. The van der Waals surface area contributed by atoms with Gasteiger partial charge in [0.1, 0.15) is 0 Å². The van der Waals surface area contributed by atoms with Crippen molar-refractivity contribution >= 4 is 44.5 Å². The maximum atomic E-state index is 11.3.